The van der Waals surface area contributed by atoms with E-state index in [4.69, 9.17) is 14.2 Å². The van der Waals surface area contributed by atoms with Crippen LogP contribution in [-0.2, 0) is 30.8 Å². The molecule has 1 heterocycles. The van der Waals surface area contributed by atoms with Gasteiger partial charge in [-0.15, -0.1) is 0 Å². The average Bonchev–Trinajstić information content (AvgIpc) is 3.34. The van der Waals surface area contributed by atoms with Crippen LogP contribution in [0, 0.1) is 0 Å². The molecule has 2 aromatic carbocycles. The lowest BCUT2D eigenvalue weighted by Gasteiger charge is -2.23. The van der Waals surface area contributed by atoms with E-state index in [1.165, 1.54) is 32.4 Å². The Hall–Kier alpha value is -3.15. The summed E-state index contributed by atoms with van der Waals surface area (Å²) in [5, 5.41) is 5.02. The number of carbonyl (C=O) groups is 2. The fraction of sp³-hybridized carbons (Fsp3) is 0.391. The summed E-state index contributed by atoms with van der Waals surface area (Å²) in [7, 11) is -1.06. The Morgan fingerprint density at radius 3 is 2.44 bits per heavy atom. The minimum absolute atomic E-state index is 0.00290. The van der Waals surface area contributed by atoms with E-state index in [0.717, 1.165) is 16.3 Å². The first-order valence-electron chi connectivity index (χ1n) is 10.8. The van der Waals surface area contributed by atoms with E-state index in [-0.39, 0.29) is 30.3 Å². The van der Waals surface area contributed by atoms with Crippen LogP contribution in [-0.4, -0.2) is 71.2 Å². The van der Waals surface area contributed by atoms with E-state index in [9.17, 15) is 18.0 Å². The zero-order valence-corrected chi connectivity index (χ0v) is 20.0. The Kier molecular flexibility index (Phi) is 8.85. The minimum atomic E-state index is -3.94. The van der Waals surface area contributed by atoms with E-state index < -0.39 is 28.1 Å². The Morgan fingerprint density at radius 2 is 1.74 bits per heavy atom. The molecule has 0 spiro atoms. The normalized spacial score (nSPS) is 16.1. The summed E-state index contributed by atoms with van der Waals surface area (Å²) in [6.45, 7) is 0.464. The molecule has 1 fully saturated rings. The molecule has 34 heavy (non-hydrogen) atoms. The third-order valence-electron chi connectivity index (χ3n) is 5.32. The molecule has 0 aromatic heterocycles. The highest BCUT2D eigenvalue weighted by molar-refractivity contribution is 7.89. The van der Waals surface area contributed by atoms with Gasteiger partial charge in [0.1, 0.15) is 6.23 Å². The average molecular weight is 492 g/mol. The number of benzene rings is 2. The second kappa shape index (κ2) is 11.8. The Bertz CT molecular complexity index is 1090. The van der Waals surface area contributed by atoms with Crippen molar-refractivity contribution < 1.29 is 32.2 Å². The first-order valence-corrected chi connectivity index (χ1v) is 12.3. The molecule has 2 N–H and O–H groups in total. The van der Waals surface area contributed by atoms with Crippen LogP contribution in [0.1, 0.15) is 12.0 Å². The molecule has 0 aliphatic carbocycles. The van der Waals surface area contributed by atoms with Gasteiger partial charge in [0, 0.05) is 19.2 Å². The van der Waals surface area contributed by atoms with Gasteiger partial charge in [-0.1, -0.05) is 30.3 Å². The summed E-state index contributed by atoms with van der Waals surface area (Å²) in [6.07, 6.45) is 0.529. The maximum atomic E-state index is 13.1. The van der Waals surface area contributed by atoms with Crippen LogP contribution in [0.15, 0.2) is 53.4 Å². The standard InChI is InChI=1S/C23H29N3O7S/c1-31-19-11-10-18(15-20(19)32-2)34(29,30)26-13-14-33-21(26)16-25-23(28)22(27)24-12-6-9-17-7-4-3-5-8-17/h3-5,7-8,10-11,15,21H,6,9,12-14,16H2,1-2H3,(H,24,27)(H,25,28)/t21-/m1/s1. The van der Waals surface area contributed by atoms with Crippen molar-refractivity contribution in [3.8, 4) is 11.5 Å². The Balaban J connectivity index is 1.52. The summed E-state index contributed by atoms with van der Waals surface area (Å²) >= 11 is 0. The van der Waals surface area contributed by atoms with Crippen LogP contribution in [0.25, 0.3) is 0 Å². The van der Waals surface area contributed by atoms with Gasteiger partial charge < -0.3 is 24.8 Å². The third-order valence-corrected chi connectivity index (χ3v) is 7.20. The molecule has 1 saturated heterocycles. The van der Waals surface area contributed by atoms with E-state index in [1.807, 2.05) is 30.3 Å². The second-order valence-electron chi connectivity index (χ2n) is 7.51. The molecule has 10 nitrogen and oxygen atoms in total. The second-order valence-corrected chi connectivity index (χ2v) is 9.40. The number of hydrogen-bond donors (Lipinski definition) is 2. The molecule has 0 radical (unpaired) electrons. The molecule has 1 aliphatic rings. The van der Waals surface area contributed by atoms with Gasteiger partial charge in [-0.05, 0) is 30.5 Å². The highest BCUT2D eigenvalue weighted by Gasteiger charge is 2.37. The van der Waals surface area contributed by atoms with Crippen LogP contribution >= 0.6 is 0 Å². The van der Waals surface area contributed by atoms with Crippen molar-refractivity contribution in [1.82, 2.24) is 14.9 Å². The Morgan fingerprint density at radius 1 is 1.03 bits per heavy atom. The number of nitrogens with zero attached hydrogens (tertiary/aromatic N) is 1. The lowest BCUT2D eigenvalue weighted by Crippen LogP contribution is -2.47. The molecule has 0 saturated carbocycles. The number of nitrogens with one attached hydrogen (secondary N) is 2. The van der Waals surface area contributed by atoms with Crippen LogP contribution in [0.5, 0.6) is 11.5 Å². The Labute approximate surface area is 199 Å². The summed E-state index contributed by atoms with van der Waals surface area (Å²) in [5.74, 6) is -0.950. The fourth-order valence-corrected chi connectivity index (χ4v) is 5.06. The van der Waals surface area contributed by atoms with Gasteiger partial charge in [0.05, 0.1) is 32.3 Å². The first-order chi connectivity index (χ1) is 16.4. The molecule has 1 aliphatic heterocycles. The van der Waals surface area contributed by atoms with Crippen LogP contribution < -0.4 is 20.1 Å². The predicted octanol–water partition coefficient (Wildman–Crippen LogP) is 0.916. The summed E-state index contributed by atoms with van der Waals surface area (Å²) in [4.78, 5) is 24.2. The number of hydrogen-bond acceptors (Lipinski definition) is 7. The van der Waals surface area contributed by atoms with Gasteiger partial charge in [0.25, 0.3) is 0 Å². The zero-order chi connectivity index (χ0) is 24.6. The van der Waals surface area contributed by atoms with E-state index >= 15 is 0 Å². The molecule has 0 unspecified atom stereocenters. The quantitative estimate of drug-likeness (QED) is 0.374. The lowest BCUT2D eigenvalue weighted by molar-refractivity contribution is -0.139. The van der Waals surface area contributed by atoms with Crippen molar-refractivity contribution in [2.75, 3.05) is 40.5 Å². The largest absolute Gasteiger partial charge is 0.493 e. The number of aryl methyl sites for hydroxylation is 1. The molecule has 0 bridgehead atoms. The van der Waals surface area contributed by atoms with Crippen molar-refractivity contribution in [1.29, 1.82) is 0 Å². The summed E-state index contributed by atoms with van der Waals surface area (Å²) in [6, 6.07) is 14.1. The first kappa shape index (κ1) is 25.5. The highest BCUT2D eigenvalue weighted by Crippen LogP contribution is 2.31. The van der Waals surface area contributed by atoms with Gasteiger partial charge >= 0.3 is 11.8 Å². The molecular formula is C23H29N3O7S. The van der Waals surface area contributed by atoms with Crippen LogP contribution in [0.3, 0.4) is 0 Å². The van der Waals surface area contributed by atoms with Gasteiger partial charge in [0.2, 0.25) is 10.0 Å². The maximum Gasteiger partial charge on any atom is 0.309 e. The van der Waals surface area contributed by atoms with Crippen molar-refractivity contribution >= 4 is 21.8 Å². The molecule has 2 aromatic rings. The summed E-state index contributed by atoms with van der Waals surface area (Å²) in [5.41, 5.74) is 1.15. The highest BCUT2D eigenvalue weighted by atomic mass is 32.2. The smallest absolute Gasteiger partial charge is 0.309 e. The van der Waals surface area contributed by atoms with Crippen LogP contribution in [0.2, 0.25) is 0 Å². The van der Waals surface area contributed by atoms with Gasteiger partial charge in [0.15, 0.2) is 11.5 Å². The minimum Gasteiger partial charge on any atom is -0.493 e. The van der Waals surface area contributed by atoms with Gasteiger partial charge in [-0.25, -0.2) is 8.42 Å². The SMILES string of the molecule is COc1ccc(S(=O)(=O)N2CCO[C@@H]2CNC(=O)C(=O)NCCCc2ccccc2)cc1OC. The van der Waals surface area contributed by atoms with Crippen molar-refractivity contribution in [3.63, 3.8) is 0 Å². The monoisotopic (exact) mass is 491 g/mol. The fourth-order valence-electron chi connectivity index (χ4n) is 3.53. The maximum absolute atomic E-state index is 13.1. The number of sulfonamides is 1. The third kappa shape index (κ3) is 6.25. The number of amides is 2. The van der Waals surface area contributed by atoms with E-state index in [2.05, 4.69) is 10.6 Å². The van der Waals surface area contributed by atoms with Crippen molar-refractivity contribution in [2.24, 2.45) is 0 Å². The van der Waals surface area contributed by atoms with Crippen molar-refractivity contribution in [2.45, 2.75) is 24.0 Å². The molecule has 11 heteroatoms. The molecule has 1 atom stereocenters. The van der Waals surface area contributed by atoms with Gasteiger partial charge in [-0.3, -0.25) is 9.59 Å². The number of ether oxygens (including phenoxy) is 3. The predicted molar refractivity (Wildman–Crippen MR) is 124 cm³/mol. The van der Waals surface area contributed by atoms with Crippen molar-refractivity contribution in [3.05, 3.63) is 54.1 Å². The number of methoxy groups -OCH3 is 2. The summed E-state index contributed by atoms with van der Waals surface area (Å²) < 4.78 is 43.3. The molecule has 2 amide bonds. The number of carbonyl (C=O) groups excluding carboxylic acids is 2. The lowest BCUT2D eigenvalue weighted by atomic mass is 10.1. The molecule has 184 valence electrons. The molecule has 3 rings (SSSR count). The zero-order valence-electron chi connectivity index (χ0n) is 19.2. The van der Waals surface area contributed by atoms with Crippen LogP contribution in [0.4, 0.5) is 0 Å². The van der Waals surface area contributed by atoms with Gasteiger partial charge in [-0.2, -0.15) is 4.31 Å². The number of rotatable bonds is 10. The van der Waals surface area contributed by atoms with E-state index in [0.29, 0.717) is 18.7 Å². The molecular weight excluding hydrogens is 462 g/mol. The van der Waals surface area contributed by atoms with E-state index in [1.54, 1.807) is 0 Å². The topological polar surface area (TPSA) is 123 Å².